The Morgan fingerprint density at radius 1 is 1.44 bits per heavy atom. The molecule has 0 amide bonds. The number of benzene rings is 1. The molecular formula is C12H17BrN2O2S. The van der Waals surface area contributed by atoms with Gasteiger partial charge in [0.25, 0.3) is 0 Å². The van der Waals surface area contributed by atoms with Gasteiger partial charge in [0, 0.05) is 30.1 Å². The van der Waals surface area contributed by atoms with Crippen molar-refractivity contribution in [3.8, 4) is 0 Å². The third-order valence-electron chi connectivity index (χ3n) is 3.10. The number of hydrogen-bond donors (Lipinski definition) is 1. The van der Waals surface area contributed by atoms with Crippen molar-refractivity contribution in [1.82, 2.24) is 9.62 Å². The largest absolute Gasteiger partial charge is 0.312 e. The molecule has 1 atom stereocenters. The Kier molecular flexibility index (Phi) is 4.11. The van der Waals surface area contributed by atoms with Crippen molar-refractivity contribution in [3.05, 3.63) is 28.2 Å². The molecule has 1 aromatic carbocycles. The number of halogens is 1. The summed E-state index contributed by atoms with van der Waals surface area (Å²) in [6.45, 7) is 5.57. The van der Waals surface area contributed by atoms with Gasteiger partial charge < -0.3 is 5.32 Å². The summed E-state index contributed by atoms with van der Waals surface area (Å²) >= 11 is 3.33. The number of rotatable bonds is 2. The van der Waals surface area contributed by atoms with Crippen molar-refractivity contribution in [2.24, 2.45) is 0 Å². The van der Waals surface area contributed by atoms with Crippen LogP contribution in [0.15, 0.2) is 27.6 Å². The zero-order chi connectivity index (χ0) is 13.3. The van der Waals surface area contributed by atoms with Gasteiger partial charge in [0.2, 0.25) is 10.0 Å². The summed E-state index contributed by atoms with van der Waals surface area (Å²) in [5, 5.41) is 3.25. The van der Waals surface area contributed by atoms with Gasteiger partial charge in [-0.1, -0.05) is 22.0 Å². The summed E-state index contributed by atoms with van der Waals surface area (Å²) in [4.78, 5) is 0.394. The van der Waals surface area contributed by atoms with Gasteiger partial charge in [0.1, 0.15) is 0 Å². The fraction of sp³-hybridized carbons (Fsp3) is 0.500. The normalized spacial score (nSPS) is 22.1. The predicted molar refractivity (Wildman–Crippen MR) is 75.1 cm³/mol. The van der Waals surface area contributed by atoms with Crippen LogP contribution >= 0.6 is 15.9 Å². The highest BCUT2D eigenvalue weighted by atomic mass is 79.9. The zero-order valence-electron chi connectivity index (χ0n) is 10.5. The number of hydrogen-bond acceptors (Lipinski definition) is 3. The van der Waals surface area contributed by atoms with Crippen LogP contribution in [-0.4, -0.2) is 38.4 Å². The molecule has 18 heavy (non-hydrogen) atoms. The molecule has 4 nitrogen and oxygen atoms in total. The van der Waals surface area contributed by atoms with Crippen molar-refractivity contribution in [2.75, 3.05) is 19.6 Å². The van der Waals surface area contributed by atoms with E-state index in [1.807, 2.05) is 26.0 Å². The minimum Gasteiger partial charge on any atom is -0.312 e. The maximum absolute atomic E-state index is 12.6. The van der Waals surface area contributed by atoms with E-state index in [2.05, 4.69) is 21.2 Å². The molecule has 1 saturated heterocycles. The highest BCUT2D eigenvalue weighted by Gasteiger charge is 2.29. The van der Waals surface area contributed by atoms with Crippen LogP contribution in [0.25, 0.3) is 0 Å². The monoisotopic (exact) mass is 332 g/mol. The lowest BCUT2D eigenvalue weighted by molar-refractivity contribution is 0.310. The number of aryl methyl sites for hydroxylation is 1. The molecule has 1 unspecified atom stereocenters. The van der Waals surface area contributed by atoms with Gasteiger partial charge >= 0.3 is 0 Å². The molecule has 0 bridgehead atoms. The van der Waals surface area contributed by atoms with E-state index in [1.165, 1.54) is 0 Å². The molecule has 1 fully saturated rings. The Morgan fingerprint density at radius 3 is 2.83 bits per heavy atom. The van der Waals surface area contributed by atoms with Gasteiger partial charge in [0.15, 0.2) is 0 Å². The van der Waals surface area contributed by atoms with Gasteiger partial charge in [-0.15, -0.1) is 0 Å². The first-order chi connectivity index (χ1) is 8.41. The molecule has 0 saturated carbocycles. The first-order valence-electron chi connectivity index (χ1n) is 5.91. The summed E-state index contributed by atoms with van der Waals surface area (Å²) in [5.41, 5.74) is 0.782. The number of nitrogens with one attached hydrogen (secondary N) is 1. The lowest BCUT2D eigenvalue weighted by Gasteiger charge is -2.31. The lowest BCUT2D eigenvalue weighted by Crippen LogP contribution is -2.51. The van der Waals surface area contributed by atoms with Crippen molar-refractivity contribution in [3.63, 3.8) is 0 Å². The highest BCUT2D eigenvalue weighted by Crippen LogP contribution is 2.24. The Bertz CT molecular complexity index is 545. The van der Waals surface area contributed by atoms with Gasteiger partial charge in [-0.3, -0.25) is 0 Å². The van der Waals surface area contributed by atoms with Crippen LogP contribution in [0.2, 0.25) is 0 Å². The summed E-state index contributed by atoms with van der Waals surface area (Å²) in [7, 11) is -3.38. The van der Waals surface area contributed by atoms with E-state index in [0.29, 0.717) is 24.5 Å². The summed E-state index contributed by atoms with van der Waals surface area (Å²) < 4.78 is 27.5. The molecule has 1 N–H and O–H groups in total. The molecule has 0 radical (unpaired) electrons. The van der Waals surface area contributed by atoms with Gasteiger partial charge in [0.05, 0.1) is 4.90 Å². The third kappa shape index (κ3) is 2.77. The minimum absolute atomic E-state index is 0.195. The quantitative estimate of drug-likeness (QED) is 0.897. The van der Waals surface area contributed by atoms with Crippen LogP contribution in [0.4, 0.5) is 0 Å². The van der Waals surface area contributed by atoms with Gasteiger partial charge in [-0.05, 0) is 31.5 Å². The second-order valence-corrected chi connectivity index (χ2v) is 7.45. The molecule has 0 spiro atoms. The fourth-order valence-electron chi connectivity index (χ4n) is 2.11. The first kappa shape index (κ1) is 14.0. The molecule has 1 heterocycles. The van der Waals surface area contributed by atoms with E-state index >= 15 is 0 Å². The molecule has 0 aromatic heterocycles. The van der Waals surface area contributed by atoms with Crippen LogP contribution in [0, 0.1) is 6.92 Å². The number of sulfonamides is 1. The zero-order valence-corrected chi connectivity index (χ0v) is 12.9. The minimum atomic E-state index is -3.38. The molecule has 1 aromatic rings. The van der Waals surface area contributed by atoms with Crippen molar-refractivity contribution >= 4 is 26.0 Å². The van der Waals surface area contributed by atoms with Crippen LogP contribution < -0.4 is 5.32 Å². The van der Waals surface area contributed by atoms with E-state index in [-0.39, 0.29) is 6.04 Å². The van der Waals surface area contributed by atoms with Gasteiger partial charge in [-0.25, -0.2) is 8.42 Å². The maximum Gasteiger partial charge on any atom is 0.243 e. The third-order valence-corrected chi connectivity index (χ3v) is 5.60. The Hall–Kier alpha value is -0.430. The Morgan fingerprint density at radius 2 is 2.17 bits per heavy atom. The average molecular weight is 333 g/mol. The predicted octanol–water partition coefficient (Wildman–Crippen LogP) is 1.74. The smallest absolute Gasteiger partial charge is 0.243 e. The fourth-order valence-corrected chi connectivity index (χ4v) is 4.40. The second kappa shape index (κ2) is 5.28. The number of nitrogens with zero attached hydrogens (tertiary/aromatic N) is 1. The summed E-state index contributed by atoms with van der Waals surface area (Å²) in [6.07, 6.45) is 0. The summed E-state index contributed by atoms with van der Waals surface area (Å²) in [6, 6.07) is 5.55. The maximum atomic E-state index is 12.6. The van der Waals surface area contributed by atoms with Gasteiger partial charge in [-0.2, -0.15) is 4.31 Å². The molecule has 6 heteroatoms. The van der Waals surface area contributed by atoms with Crippen LogP contribution in [0.1, 0.15) is 12.5 Å². The van der Waals surface area contributed by atoms with Crippen molar-refractivity contribution in [1.29, 1.82) is 0 Å². The SMILES string of the molecule is Cc1ccc(Br)cc1S(=O)(=O)N1CCNC(C)C1. The molecule has 100 valence electrons. The van der Waals surface area contributed by atoms with Crippen LogP contribution in [0.3, 0.4) is 0 Å². The molecular weight excluding hydrogens is 316 g/mol. The number of piperazine rings is 1. The van der Waals surface area contributed by atoms with Crippen LogP contribution in [0.5, 0.6) is 0 Å². The first-order valence-corrected chi connectivity index (χ1v) is 8.14. The molecule has 1 aliphatic heterocycles. The lowest BCUT2D eigenvalue weighted by atomic mass is 10.2. The summed E-state index contributed by atoms with van der Waals surface area (Å²) in [5.74, 6) is 0. The van der Waals surface area contributed by atoms with E-state index in [1.54, 1.807) is 10.4 Å². The average Bonchev–Trinajstić information content (AvgIpc) is 2.32. The van der Waals surface area contributed by atoms with Crippen molar-refractivity contribution in [2.45, 2.75) is 24.8 Å². The molecule has 1 aliphatic rings. The Balaban J connectivity index is 2.38. The topological polar surface area (TPSA) is 49.4 Å². The second-order valence-electron chi connectivity index (χ2n) is 4.63. The van der Waals surface area contributed by atoms with E-state index < -0.39 is 10.0 Å². The highest BCUT2D eigenvalue weighted by molar-refractivity contribution is 9.10. The standard InChI is InChI=1S/C12H17BrN2O2S/c1-9-3-4-11(13)7-12(9)18(16,17)15-6-5-14-10(2)8-15/h3-4,7,10,14H,5-6,8H2,1-2H3. The molecule has 0 aliphatic carbocycles. The Labute approximate surface area is 117 Å². The molecule has 2 rings (SSSR count). The van der Waals surface area contributed by atoms with Crippen molar-refractivity contribution < 1.29 is 8.42 Å². The van der Waals surface area contributed by atoms with E-state index in [0.717, 1.165) is 10.0 Å². The van der Waals surface area contributed by atoms with E-state index in [9.17, 15) is 8.42 Å². The van der Waals surface area contributed by atoms with Crippen LogP contribution in [-0.2, 0) is 10.0 Å². The van der Waals surface area contributed by atoms with E-state index in [4.69, 9.17) is 0 Å².